The Morgan fingerprint density at radius 1 is 1.05 bits per heavy atom. The molecule has 0 aromatic heterocycles. The molecule has 0 amide bonds. The van der Waals surface area contributed by atoms with Crippen LogP contribution in [0.25, 0.3) is 0 Å². The lowest BCUT2D eigenvalue weighted by Crippen LogP contribution is -2.20. The summed E-state index contributed by atoms with van der Waals surface area (Å²) < 4.78 is 5.16. The van der Waals surface area contributed by atoms with E-state index in [0.717, 1.165) is 23.5 Å². The molecular formula is C18H23NO2. The number of hydrogen-bond donors (Lipinski definition) is 1. The zero-order valence-electron chi connectivity index (χ0n) is 12.9. The zero-order chi connectivity index (χ0) is 15.2. The molecule has 0 saturated heterocycles. The number of hydrogen-bond acceptors (Lipinski definition) is 3. The minimum Gasteiger partial charge on any atom is -0.497 e. The van der Waals surface area contributed by atoms with Crippen molar-refractivity contribution < 1.29 is 9.84 Å². The van der Waals surface area contributed by atoms with Gasteiger partial charge in [-0.3, -0.25) is 0 Å². The Balaban J connectivity index is 1.90. The predicted molar refractivity (Wildman–Crippen MR) is 87.0 cm³/mol. The molecule has 3 nitrogen and oxygen atoms in total. The monoisotopic (exact) mass is 285 g/mol. The van der Waals surface area contributed by atoms with Gasteiger partial charge in [0.25, 0.3) is 0 Å². The van der Waals surface area contributed by atoms with Gasteiger partial charge in [-0.2, -0.15) is 0 Å². The van der Waals surface area contributed by atoms with Crippen molar-refractivity contribution in [2.45, 2.75) is 19.4 Å². The quantitative estimate of drug-likeness (QED) is 0.881. The SMILES string of the molecule is COc1ccc(N(C)CCC(O)c2ccc(C)cc2)cc1. The Morgan fingerprint density at radius 3 is 2.24 bits per heavy atom. The summed E-state index contributed by atoms with van der Waals surface area (Å²) in [4.78, 5) is 2.14. The van der Waals surface area contributed by atoms with Gasteiger partial charge in [0, 0.05) is 19.3 Å². The number of ether oxygens (including phenoxy) is 1. The fourth-order valence-corrected chi connectivity index (χ4v) is 2.24. The first-order valence-electron chi connectivity index (χ1n) is 7.20. The number of anilines is 1. The number of nitrogens with zero attached hydrogens (tertiary/aromatic N) is 1. The number of methoxy groups -OCH3 is 1. The minimum absolute atomic E-state index is 0.425. The lowest BCUT2D eigenvalue weighted by molar-refractivity contribution is 0.170. The summed E-state index contributed by atoms with van der Waals surface area (Å²) in [5, 5.41) is 10.2. The largest absolute Gasteiger partial charge is 0.497 e. The van der Waals surface area contributed by atoms with Crippen LogP contribution in [0.2, 0.25) is 0 Å². The molecule has 2 aromatic rings. The average Bonchev–Trinajstić information content (AvgIpc) is 2.53. The number of aliphatic hydroxyl groups excluding tert-OH is 1. The second-order valence-electron chi connectivity index (χ2n) is 5.33. The topological polar surface area (TPSA) is 32.7 Å². The molecule has 0 aliphatic carbocycles. The summed E-state index contributed by atoms with van der Waals surface area (Å²) in [7, 11) is 3.69. The Kier molecular flexibility index (Phi) is 5.23. The number of benzene rings is 2. The van der Waals surface area contributed by atoms with Crippen molar-refractivity contribution in [2.75, 3.05) is 25.6 Å². The molecule has 1 unspecified atom stereocenters. The molecule has 112 valence electrons. The highest BCUT2D eigenvalue weighted by Crippen LogP contribution is 2.21. The second kappa shape index (κ2) is 7.14. The Labute approximate surface area is 126 Å². The van der Waals surface area contributed by atoms with Crippen molar-refractivity contribution in [1.29, 1.82) is 0 Å². The molecule has 0 aliphatic heterocycles. The van der Waals surface area contributed by atoms with E-state index in [4.69, 9.17) is 4.74 Å². The van der Waals surface area contributed by atoms with Crippen LogP contribution in [0.3, 0.4) is 0 Å². The smallest absolute Gasteiger partial charge is 0.119 e. The maximum atomic E-state index is 10.2. The first kappa shape index (κ1) is 15.4. The molecule has 1 N–H and O–H groups in total. The van der Waals surface area contributed by atoms with Crippen molar-refractivity contribution in [2.24, 2.45) is 0 Å². The van der Waals surface area contributed by atoms with Crippen molar-refractivity contribution in [3.05, 3.63) is 59.7 Å². The predicted octanol–water partition coefficient (Wildman–Crippen LogP) is 3.56. The first-order chi connectivity index (χ1) is 10.1. The second-order valence-corrected chi connectivity index (χ2v) is 5.33. The van der Waals surface area contributed by atoms with E-state index in [-0.39, 0.29) is 0 Å². The van der Waals surface area contributed by atoms with E-state index < -0.39 is 6.10 Å². The highest BCUT2D eigenvalue weighted by Gasteiger charge is 2.09. The summed E-state index contributed by atoms with van der Waals surface area (Å²) in [6.45, 7) is 2.84. The van der Waals surface area contributed by atoms with Gasteiger partial charge < -0.3 is 14.7 Å². The van der Waals surface area contributed by atoms with Crippen molar-refractivity contribution in [1.82, 2.24) is 0 Å². The standard InChI is InChI=1S/C18H23NO2/c1-14-4-6-15(7-5-14)18(20)12-13-19(2)16-8-10-17(21-3)11-9-16/h4-11,18,20H,12-13H2,1-3H3. The van der Waals surface area contributed by atoms with Crippen LogP contribution in [-0.4, -0.2) is 25.8 Å². The zero-order valence-corrected chi connectivity index (χ0v) is 12.9. The highest BCUT2D eigenvalue weighted by molar-refractivity contribution is 5.48. The maximum Gasteiger partial charge on any atom is 0.119 e. The number of aryl methyl sites for hydroxylation is 1. The molecular weight excluding hydrogens is 262 g/mol. The fraction of sp³-hybridized carbons (Fsp3) is 0.333. The van der Waals surface area contributed by atoms with Gasteiger partial charge in [-0.05, 0) is 43.2 Å². The van der Waals surface area contributed by atoms with Gasteiger partial charge in [0.2, 0.25) is 0 Å². The molecule has 0 bridgehead atoms. The van der Waals surface area contributed by atoms with E-state index in [0.29, 0.717) is 6.42 Å². The summed E-state index contributed by atoms with van der Waals surface area (Å²) in [5.41, 5.74) is 3.30. The van der Waals surface area contributed by atoms with Gasteiger partial charge in [-0.25, -0.2) is 0 Å². The molecule has 3 heteroatoms. The summed E-state index contributed by atoms with van der Waals surface area (Å²) in [5.74, 6) is 0.854. The molecule has 0 spiro atoms. The third-order valence-electron chi connectivity index (χ3n) is 3.71. The molecule has 2 aromatic carbocycles. The van der Waals surface area contributed by atoms with Gasteiger partial charge in [0.15, 0.2) is 0 Å². The lowest BCUT2D eigenvalue weighted by atomic mass is 10.0. The molecule has 0 aliphatic rings. The molecule has 0 fully saturated rings. The maximum absolute atomic E-state index is 10.2. The lowest BCUT2D eigenvalue weighted by Gasteiger charge is -2.21. The van der Waals surface area contributed by atoms with Gasteiger partial charge >= 0.3 is 0 Å². The molecule has 21 heavy (non-hydrogen) atoms. The Morgan fingerprint density at radius 2 is 1.67 bits per heavy atom. The van der Waals surface area contributed by atoms with E-state index >= 15 is 0 Å². The van der Waals surface area contributed by atoms with Crippen molar-refractivity contribution in [3.8, 4) is 5.75 Å². The van der Waals surface area contributed by atoms with Gasteiger partial charge in [-0.15, -0.1) is 0 Å². The van der Waals surface area contributed by atoms with Gasteiger partial charge in [-0.1, -0.05) is 29.8 Å². The van der Waals surface area contributed by atoms with Gasteiger partial charge in [0.1, 0.15) is 5.75 Å². The number of rotatable bonds is 6. The van der Waals surface area contributed by atoms with E-state index in [1.165, 1.54) is 5.56 Å². The Hall–Kier alpha value is -2.00. The van der Waals surface area contributed by atoms with Crippen LogP contribution < -0.4 is 9.64 Å². The van der Waals surface area contributed by atoms with Gasteiger partial charge in [0.05, 0.1) is 13.2 Å². The van der Waals surface area contributed by atoms with E-state index in [9.17, 15) is 5.11 Å². The molecule has 0 radical (unpaired) electrons. The summed E-state index contributed by atoms with van der Waals surface area (Å²) >= 11 is 0. The molecule has 2 rings (SSSR count). The van der Waals surface area contributed by atoms with Crippen molar-refractivity contribution in [3.63, 3.8) is 0 Å². The molecule has 0 saturated carbocycles. The van der Waals surface area contributed by atoms with E-state index in [1.54, 1.807) is 7.11 Å². The first-order valence-corrected chi connectivity index (χ1v) is 7.20. The van der Waals surface area contributed by atoms with E-state index in [2.05, 4.69) is 4.90 Å². The third kappa shape index (κ3) is 4.23. The molecule has 0 heterocycles. The van der Waals surface area contributed by atoms with Crippen LogP contribution in [0.1, 0.15) is 23.7 Å². The summed E-state index contributed by atoms with van der Waals surface area (Å²) in [6.07, 6.45) is 0.275. The summed E-state index contributed by atoms with van der Waals surface area (Å²) in [6, 6.07) is 16.0. The normalized spacial score (nSPS) is 12.0. The van der Waals surface area contributed by atoms with Crippen LogP contribution in [0.4, 0.5) is 5.69 Å². The molecule has 1 atom stereocenters. The van der Waals surface area contributed by atoms with Crippen LogP contribution in [0.15, 0.2) is 48.5 Å². The minimum atomic E-state index is -0.425. The number of aliphatic hydroxyl groups is 1. The van der Waals surface area contributed by atoms with Crippen molar-refractivity contribution >= 4 is 5.69 Å². The average molecular weight is 285 g/mol. The van der Waals surface area contributed by atoms with Crippen LogP contribution in [0.5, 0.6) is 5.75 Å². The third-order valence-corrected chi connectivity index (χ3v) is 3.71. The van der Waals surface area contributed by atoms with Crippen LogP contribution in [0, 0.1) is 6.92 Å². The Bertz CT molecular complexity index is 548. The van der Waals surface area contributed by atoms with E-state index in [1.807, 2.05) is 62.5 Å². The van der Waals surface area contributed by atoms with Crippen LogP contribution >= 0.6 is 0 Å². The fourth-order valence-electron chi connectivity index (χ4n) is 2.24. The van der Waals surface area contributed by atoms with Crippen LogP contribution in [-0.2, 0) is 0 Å². The highest BCUT2D eigenvalue weighted by atomic mass is 16.5.